The van der Waals surface area contributed by atoms with Crippen molar-refractivity contribution in [1.29, 1.82) is 0 Å². The summed E-state index contributed by atoms with van der Waals surface area (Å²) < 4.78 is 0. The number of rotatable bonds is 3. The van der Waals surface area contributed by atoms with E-state index in [0.29, 0.717) is 5.71 Å². The third-order valence-corrected chi connectivity index (χ3v) is 1.04. The minimum absolute atomic E-state index is 0.225. The first-order valence-corrected chi connectivity index (χ1v) is 3.46. The molecule has 1 atom stereocenters. The van der Waals surface area contributed by atoms with Gasteiger partial charge in [0.1, 0.15) is 0 Å². The summed E-state index contributed by atoms with van der Waals surface area (Å²) >= 11 is 0. The first kappa shape index (κ1) is 9.37. The van der Waals surface area contributed by atoms with Crippen LogP contribution in [0.5, 0.6) is 0 Å². The number of aliphatic hydroxyl groups excluding tert-OH is 1. The Hall–Kier alpha value is -0.630. The first-order valence-electron chi connectivity index (χ1n) is 3.46. The van der Waals surface area contributed by atoms with Crippen molar-refractivity contribution in [3.8, 4) is 0 Å². The smallest absolute Gasteiger partial charge is 0.0927 e. The number of aliphatic hydroxyl groups is 1. The van der Waals surface area contributed by atoms with Crippen LogP contribution in [0, 0.1) is 0 Å². The van der Waals surface area contributed by atoms with Crippen LogP contribution in [0.4, 0.5) is 0 Å². The predicted octanol–water partition coefficient (Wildman–Crippen LogP) is 1.40. The quantitative estimate of drug-likeness (QED) is 0.592. The molecular weight excluding hydrogens is 126 g/mol. The number of hydrogen-bond acceptors (Lipinski definition) is 2. The van der Waals surface area contributed by atoms with E-state index in [4.69, 9.17) is 5.11 Å². The standard InChI is InChI=1S/C8H15NO/c1-5-8(7(4)10)9-6(2)3/h5-7,10H,1H2,2-4H3. The maximum absolute atomic E-state index is 9.06. The molecule has 10 heavy (non-hydrogen) atoms. The third-order valence-electron chi connectivity index (χ3n) is 1.04. The Kier molecular flexibility index (Phi) is 3.96. The lowest BCUT2D eigenvalue weighted by molar-refractivity contribution is 0.262. The number of hydrogen-bond donors (Lipinski definition) is 1. The van der Waals surface area contributed by atoms with Gasteiger partial charge in [-0.05, 0) is 26.8 Å². The van der Waals surface area contributed by atoms with Crippen LogP contribution >= 0.6 is 0 Å². The van der Waals surface area contributed by atoms with Gasteiger partial charge in [-0.3, -0.25) is 4.99 Å². The summed E-state index contributed by atoms with van der Waals surface area (Å²) in [6.07, 6.45) is 1.09. The molecule has 58 valence electrons. The van der Waals surface area contributed by atoms with Gasteiger partial charge in [0.15, 0.2) is 0 Å². The summed E-state index contributed by atoms with van der Waals surface area (Å²) in [5, 5.41) is 9.06. The molecule has 0 rings (SSSR count). The molecule has 0 saturated carbocycles. The van der Waals surface area contributed by atoms with E-state index in [1.165, 1.54) is 0 Å². The third kappa shape index (κ3) is 3.41. The molecule has 1 N–H and O–H groups in total. The van der Waals surface area contributed by atoms with E-state index in [-0.39, 0.29) is 6.04 Å². The van der Waals surface area contributed by atoms with Gasteiger partial charge in [-0.2, -0.15) is 0 Å². The molecule has 0 aromatic heterocycles. The van der Waals surface area contributed by atoms with Gasteiger partial charge in [0, 0.05) is 6.04 Å². The van der Waals surface area contributed by atoms with Crippen molar-refractivity contribution in [3.05, 3.63) is 12.7 Å². The fourth-order valence-electron chi connectivity index (χ4n) is 0.629. The Morgan fingerprint density at radius 1 is 1.50 bits per heavy atom. The molecule has 2 heteroatoms. The van der Waals surface area contributed by atoms with Gasteiger partial charge < -0.3 is 5.11 Å². The first-order chi connectivity index (χ1) is 4.57. The van der Waals surface area contributed by atoms with Crippen molar-refractivity contribution in [3.63, 3.8) is 0 Å². The van der Waals surface area contributed by atoms with Crippen molar-refractivity contribution < 1.29 is 5.11 Å². The zero-order chi connectivity index (χ0) is 8.15. The molecule has 0 aliphatic rings. The monoisotopic (exact) mass is 141 g/mol. The largest absolute Gasteiger partial charge is 0.387 e. The molecule has 1 unspecified atom stereocenters. The van der Waals surface area contributed by atoms with Crippen LogP contribution in [0.15, 0.2) is 17.6 Å². The molecule has 0 amide bonds. The van der Waals surface area contributed by atoms with Crippen LogP contribution in [0.1, 0.15) is 20.8 Å². The minimum atomic E-state index is -0.500. The number of nitrogens with zero attached hydrogens (tertiary/aromatic N) is 1. The second-order valence-electron chi connectivity index (χ2n) is 2.53. The second-order valence-corrected chi connectivity index (χ2v) is 2.53. The Morgan fingerprint density at radius 3 is 2.10 bits per heavy atom. The fraction of sp³-hybridized carbons (Fsp3) is 0.625. The Morgan fingerprint density at radius 2 is 2.00 bits per heavy atom. The Bertz CT molecular complexity index is 136. The van der Waals surface area contributed by atoms with E-state index in [0.717, 1.165) is 0 Å². The fourth-order valence-corrected chi connectivity index (χ4v) is 0.629. The molecular formula is C8H15NO. The lowest BCUT2D eigenvalue weighted by Gasteiger charge is -2.05. The molecule has 0 aliphatic carbocycles. The van der Waals surface area contributed by atoms with E-state index in [9.17, 15) is 0 Å². The van der Waals surface area contributed by atoms with Crippen LogP contribution in [-0.4, -0.2) is 23.0 Å². The highest BCUT2D eigenvalue weighted by atomic mass is 16.3. The van der Waals surface area contributed by atoms with E-state index in [1.807, 2.05) is 13.8 Å². The molecule has 2 nitrogen and oxygen atoms in total. The average molecular weight is 141 g/mol. The van der Waals surface area contributed by atoms with Crippen LogP contribution in [0.25, 0.3) is 0 Å². The summed E-state index contributed by atoms with van der Waals surface area (Å²) in [5.41, 5.74) is 0.662. The van der Waals surface area contributed by atoms with Crippen LogP contribution in [-0.2, 0) is 0 Å². The minimum Gasteiger partial charge on any atom is -0.387 e. The molecule has 0 bridgehead atoms. The lowest BCUT2D eigenvalue weighted by atomic mass is 10.2. The van der Waals surface area contributed by atoms with E-state index >= 15 is 0 Å². The molecule has 0 radical (unpaired) electrons. The van der Waals surface area contributed by atoms with Gasteiger partial charge in [0.25, 0.3) is 0 Å². The van der Waals surface area contributed by atoms with Crippen molar-refractivity contribution in [2.75, 3.05) is 0 Å². The van der Waals surface area contributed by atoms with E-state index < -0.39 is 6.10 Å². The van der Waals surface area contributed by atoms with Crippen LogP contribution in [0.2, 0.25) is 0 Å². The van der Waals surface area contributed by atoms with Gasteiger partial charge in [-0.15, -0.1) is 0 Å². The summed E-state index contributed by atoms with van der Waals surface area (Å²) in [5.74, 6) is 0. The molecule has 0 saturated heterocycles. The zero-order valence-corrected chi connectivity index (χ0v) is 6.83. The Balaban J connectivity index is 4.18. The van der Waals surface area contributed by atoms with Gasteiger partial charge in [-0.25, -0.2) is 0 Å². The SMILES string of the molecule is C=CC(=NC(C)C)C(C)O. The predicted molar refractivity (Wildman–Crippen MR) is 44.4 cm³/mol. The van der Waals surface area contributed by atoms with Crippen molar-refractivity contribution in [1.82, 2.24) is 0 Å². The molecule has 0 aromatic carbocycles. The zero-order valence-electron chi connectivity index (χ0n) is 6.83. The van der Waals surface area contributed by atoms with Crippen molar-refractivity contribution in [2.24, 2.45) is 4.99 Å². The van der Waals surface area contributed by atoms with Crippen LogP contribution in [0.3, 0.4) is 0 Å². The van der Waals surface area contributed by atoms with Crippen molar-refractivity contribution >= 4 is 5.71 Å². The van der Waals surface area contributed by atoms with Gasteiger partial charge >= 0.3 is 0 Å². The molecule has 0 aliphatic heterocycles. The maximum atomic E-state index is 9.06. The summed E-state index contributed by atoms with van der Waals surface area (Å²) in [6.45, 7) is 9.16. The van der Waals surface area contributed by atoms with Gasteiger partial charge in [0.05, 0.1) is 11.8 Å². The highest BCUT2D eigenvalue weighted by Crippen LogP contribution is 1.94. The maximum Gasteiger partial charge on any atom is 0.0927 e. The average Bonchev–Trinajstić information content (AvgIpc) is 1.81. The molecule has 0 fully saturated rings. The topological polar surface area (TPSA) is 32.6 Å². The molecule has 0 heterocycles. The molecule has 0 aromatic rings. The summed E-state index contributed by atoms with van der Waals surface area (Å²) in [7, 11) is 0. The highest BCUT2D eigenvalue weighted by molar-refractivity contribution is 5.97. The highest BCUT2D eigenvalue weighted by Gasteiger charge is 2.01. The molecule has 0 spiro atoms. The Labute approximate surface area is 62.3 Å². The van der Waals surface area contributed by atoms with Gasteiger partial charge in [-0.1, -0.05) is 6.58 Å². The van der Waals surface area contributed by atoms with Crippen molar-refractivity contribution in [2.45, 2.75) is 32.9 Å². The summed E-state index contributed by atoms with van der Waals surface area (Å²) in [6, 6.07) is 0.225. The van der Waals surface area contributed by atoms with Crippen LogP contribution < -0.4 is 0 Å². The van der Waals surface area contributed by atoms with E-state index in [2.05, 4.69) is 11.6 Å². The number of aliphatic imine (C=N–C) groups is 1. The normalized spacial score (nSPS) is 15.5. The van der Waals surface area contributed by atoms with Gasteiger partial charge in [0.2, 0.25) is 0 Å². The van der Waals surface area contributed by atoms with E-state index in [1.54, 1.807) is 13.0 Å². The second kappa shape index (κ2) is 4.23. The lowest BCUT2D eigenvalue weighted by Crippen LogP contribution is -2.15. The summed E-state index contributed by atoms with van der Waals surface area (Å²) in [4.78, 5) is 4.14.